The van der Waals surface area contributed by atoms with Gasteiger partial charge < -0.3 is 14.6 Å². The molecular weight excluding hydrogens is 460 g/mol. The predicted molar refractivity (Wildman–Crippen MR) is 139 cm³/mol. The molecule has 0 saturated heterocycles. The van der Waals surface area contributed by atoms with Gasteiger partial charge in [0.15, 0.2) is 0 Å². The van der Waals surface area contributed by atoms with E-state index in [1.807, 2.05) is 50.4 Å². The molecule has 0 radical (unpaired) electrons. The number of carbonyl (C=O) groups excluding carboxylic acids is 1. The number of benzene rings is 2. The van der Waals surface area contributed by atoms with E-state index < -0.39 is 6.04 Å². The number of nitrogens with zero attached hydrogens (tertiary/aromatic N) is 3. The number of allylic oxidation sites excluding steroid dienone is 1. The summed E-state index contributed by atoms with van der Waals surface area (Å²) in [5.41, 5.74) is 5.84. The summed E-state index contributed by atoms with van der Waals surface area (Å²) in [6, 6.07) is 13.8. The molecular formula is C27H32N4O3S. The highest BCUT2D eigenvalue weighted by Crippen LogP contribution is 2.38. The van der Waals surface area contributed by atoms with Crippen LogP contribution in [0.3, 0.4) is 0 Å². The average Bonchev–Trinajstić information content (AvgIpc) is 3.34. The molecule has 0 fully saturated rings. The van der Waals surface area contributed by atoms with Gasteiger partial charge in [-0.1, -0.05) is 23.4 Å². The number of amides is 2. The molecule has 1 aliphatic rings. The maximum atomic E-state index is 13.1. The maximum absolute atomic E-state index is 13.1. The number of carbonyl (C=O) groups is 1. The number of aryl methyl sites for hydroxylation is 2. The molecule has 2 heterocycles. The molecule has 35 heavy (non-hydrogen) atoms. The normalized spacial score (nSPS) is 16.1. The van der Waals surface area contributed by atoms with Crippen LogP contribution in [0.25, 0.3) is 17.0 Å². The third-order valence-electron chi connectivity index (χ3n) is 6.34. The second-order valence-electron chi connectivity index (χ2n) is 8.58. The first-order valence-corrected chi connectivity index (χ1v) is 13.1. The van der Waals surface area contributed by atoms with E-state index in [0.717, 1.165) is 34.4 Å². The molecule has 1 atom stereocenters. The van der Waals surface area contributed by atoms with Gasteiger partial charge in [-0.05, 0) is 81.3 Å². The number of hydrogen-bond acceptors (Lipinski definition) is 6. The molecule has 3 aromatic rings. The van der Waals surface area contributed by atoms with Crippen molar-refractivity contribution in [2.24, 2.45) is 0 Å². The van der Waals surface area contributed by atoms with Crippen LogP contribution in [-0.4, -0.2) is 47.1 Å². The Bertz CT molecular complexity index is 1220. The topological polar surface area (TPSA) is 80.5 Å². The van der Waals surface area contributed by atoms with Crippen LogP contribution >= 0.6 is 11.8 Å². The fraction of sp³-hybridized carbons (Fsp3) is 0.370. The van der Waals surface area contributed by atoms with E-state index in [9.17, 15) is 4.79 Å². The van der Waals surface area contributed by atoms with Crippen LogP contribution in [0.15, 0.2) is 57.6 Å². The van der Waals surface area contributed by atoms with Crippen LogP contribution in [0.2, 0.25) is 0 Å². The summed E-state index contributed by atoms with van der Waals surface area (Å²) >= 11 is 1.68. The Morgan fingerprint density at radius 3 is 2.57 bits per heavy atom. The van der Waals surface area contributed by atoms with Gasteiger partial charge in [-0.15, -0.1) is 11.8 Å². The highest BCUT2D eigenvalue weighted by molar-refractivity contribution is 7.98. The summed E-state index contributed by atoms with van der Waals surface area (Å²) in [5, 5.41) is 7.43. The van der Waals surface area contributed by atoms with Crippen LogP contribution in [0.1, 0.15) is 48.9 Å². The molecule has 0 aliphatic carbocycles. The zero-order valence-corrected chi connectivity index (χ0v) is 21.7. The van der Waals surface area contributed by atoms with Gasteiger partial charge in [-0.25, -0.2) is 4.79 Å². The van der Waals surface area contributed by atoms with E-state index in [2.05, 4.69) is 36.5 Å². The SMILES string of the molecule is CCOCCCN1C(=O)NC(c2ccc(C)c(C)c2)C(c2nc(-c3ccc(SC)cc3)no2)=C1C. The Morgan fingerprint density at radius 2 is 1.89 bits per heavy atom. The smallest absolute Gasteiger partial charge is 0.322 e. The lowest BCUT2D eigenvalue weighted by Crippen LogP contribution is -2.46. The zero-order chi connectivity index (χ0) is 24.9. The number of rotatable bonds is 9. The number of aromatic nitrogens is 2. The lowest BCUT2D eigenvalue weighted by Gasteiger charge is -2.35. The van der Waals surface area contributed by atoms with Gasteiger partial charge in [0.1, 0.15) is 0 Å². The van der Waals surface area contributed by atoms with Crippen molar-refractivity contribution in [3.63, 3.8) is 0 Å². The van der Waals surface area contributed by atoms with Crippen molar-refractivity contribution in [2.45, 2.75) is 45.1 Å². The van der Waals surface area contributed by atoms with Crippen LogP contribution in [0.5, 0.6) is 0 Å². The fourth-order valence-electron chi connectivity index (χ4n) is 4.18. The van der Waals surface area contributed by atoms with Gasteiger partial charge in [-0.2, -0.15) is 4.98 Å². The zero-order valence-electron chi connectivity index (χ0n) is 20.9. The van der Waals surface area contributed by atoms with Crippen molar-refractivity contribution in [2.75, 3.05) is 26.0 Å². The lowest BCUT2D eigenvalue weighted by atomic mass is 9.92. The third kappa shape index (κ3) is 5.44. The van der Waals surface area contributed by atoms with Crippen molar-refractivity contribution in [1.82, 2.24) is 20.4 Å². The standard InChI is InChI=1S/C27H32N4O3S/c1-6-33-15-7-14-31-19(4)23(24(28-27(31)32)21-9-8-17(2)18(3)16-21)26-29-25(30-34-26)20-10-12-22(35-5)13-11-20/h8-13,16,24H,6-7,14-15H2,1-5H3,(H,28,32). The molecule has 2 amide bonds. The second-order valence-corrected chi connectivity index (χ2v) is 9.46. The van der Waals surface area contributed by atoms with E-state index in [1.54, 1.807) is 16.7 Å². The largest absolute Gasteiger partial charge is 0.382 e. The Balaban J connectivity index is 1.74. The van der Waals surface area contributed by atoms with Crippen molar-refractivity contribution < 1.29 is 14.1 Å². The molecule has 1 aromatic heterocycles. The minimum absolute atomic E-state index is 0.140. The molecule has 2 aromatic carbocycles. The first-order chi connectivity index (χ1) is 16.9. The minimum atomic E-state index is -0.392. The molecule has 4 rings (SSSR count). The van der Waals surface area contributed by atoms with Crippen molar-refractivity contribution >= 4 is 23.4 Å². The Labute approximate surface area is 210 Å². The van der Waals surface area contributed by atoms with Crippen molar-refractivity contribution in [3.05, 3.63) is 70.7 Å². The van der Waals surface area contributed by atoms with Crippen molar-refractivity contribution in [3.8, 4) is 11.4 Å². The van der Waals surface area contributed by atoms with Crippen LogP contribution in [0, 0.1) is 13.8 Å². The summed E-state index contributed by atoms with van der Waals surface area (Å²) in [5.74, 6) is 0.927. The number of hydrogen-bond donors (Lipinski definition) is 1. The molecule has 0 bridgehead atoms. The van der Waals surface area contributed by atoms with E-state index in [0.29, 0.717) is 31.5 Å². The molecule has 1 N–H and O–H groups in total. The number of ether oxygens (including phenoxy) is 1. The molecule has 7 nitrogen and oxygen atoms in total. The van der Waals surface area contributed by atoms with Gasteiger partial charge in [0, 0.05) is 35.9 Å². The average molecular weight is 493 g/mol. The Morgan fingerprint density at radius 1 is 1.11 bits per heavy atom. The lowest BCUT2D eigenvalue weighted by molar-refractivity contribution is 0.136. The second kappa shape index (κ2) is 11.1. The van der Waals surface area contributed by atoms with Crippen LogP contribution in [-0.2, 0) is 4.74 Å². The molecule has 0 spiro atoms. The summed E-state index contributed by atoms with van der Waals surface area (Å²) < 4.78 is 11.3. The van der Waals surface area contributed by atoms with Crippen molar-refractivity contribution in [1.29, 1.82) is 0 Å². The molecule has 0 saturated carbocycles. The maximum Gasteiger partial charge on any atom is 0.322 e. The molecule has 1 unspecified atom stereocenters. The van der Waals surface area contributed by atoms with E-state index in [1.165, 1.54) is 10.5 Å². The highest BCUT2D eigenvalue weighted by Gasteiger charge is 2.35. The Kier molecular flexibility index (Phi) is 7.93. The number of nitrogens with one attached hydrogen (secondary N) is 1. The van der Waals surface area contributed by atoms with Gasteiger partial charge in [-0.3, -0.25) is 4.90 Å². The van der Waals surface area contributed by atoms with E-state index in [4.69, 9.17) is 14.2 Å². The molecule has 1 aliphatic heterocycles. The van der Waals surface area contributed by atoms with Gasteiger partial charge in [0.25, 0.3) is 5.89 Å². The van der Waals surface area contributed by atoms with Crippen LogP contribution in [0.4, 0.5) is 4.79 Å². The summed E-state index contributed by atoms with van der Waals surface area (Å²) in [7, 11) is 0. The predicted octanol–water partition coefficient (Wildman–Crippen LogP) is 6.00. The molecule has 8 heteroatoms. The monoisotopic (exact) mass is 492 g/mol. The van der Waals surface area contributed by atoms with E-state index >= 15 is 0 Å². The van der Waals surface area contributed by atoms with Gasteiger partial charge >= 0.3 is 6.03 Å². The third-order valence-corrected chi connectivity index (χ3v) is 7.08. The van der Waals surface area contributed by atoms with Gasteiger partial charge in [0.05, 0.1) is 11.6 Å². The van der Waals surface area contributed by atoms with Gasteiger partial charge in [0.2, 0.25) is 5.82 Å². The highest BCUT2D eigenvalue weighted by atomic mass is 32.2. The number of urea groups is 1. The molecule has 184 valence electrons. The summed E-state index contributed by atoms with van der Waals surface area (Å²) in [4.78, 5) is 20.8. The Hall–Kier alpha value is -3.10. The minimum Gasteiger partial charge on any atom is -0.382 e. The summed E-state index contributed by atoms with van der Waals surface area (Å²) in [6.07, 6.45) is 2.78. The quantitative estimate of drug-likeness (QED) is 0.291. The first-order valence-electron chi connectivity index (χ1n) is 11.8. The first kappa shape index (κ1) is 25.0. The number of thioether (sulfide) groups is 1. The summed E-state index contributed by atoms with van der Waals surface area (Å²) in [6.45, 7) is 9.85. The fourth-order valence-corrected chi connectivity index (χ4v) is 4.59. The van der Waals surface area contributed by atoms with E-state index in [-0.39, 0.29) is 6.03 Å². The van der Waals surface area contributed by atoms with Crippen LogP contribution < -0.4 is 5.32 Å².